The first-order valence-electron chi connectivity index (χ1n) is 6.19. The number of hydrazine groups is 1. The van der Waals surface area contributed by atoms with Gasteiger partial charge in [0.1, 0.15) is 12.7 Å². The number of anilines is 2. The van der Waals surface area contributed by atoms with Gasteiger partial charge in [0.2, 0.25) is 11.9 Å². The van der Waals surface area contributed by atoms with Gasteiger partial charge >= 0.3 is 0 Å². The minimum absolute atomic E-state index is 0.320. The standard InChI is InChI=1S/C10H15N9/c11-17-8-14-9(18-4-2-1-3-5-18)16-10(15-8)19-7-12-6-13-19/h6-7H,1-5,11H2,(H,14,15,16,17). The smallest absolute Gasteiger partial charge is 0.258 e. The quantitative estimate of drug-likeness (QED) is 0.573. The van der Waals surface area contributed by atoms with E-state index >= 15 is 0 Å². The van der Waals surface area contributed by atoms with Gasteiger partial charge in [-0.05, 0) is 19.3 Å². The SMILES string of the molecule is NNc1nc(N2CCCCC2)nc(-n2cncn2)n1. The topological polar surface area (TPSA) is 111 Å². The molecule has 9 nitrogen and oxygen atoms in total. The van der Waals surface area contributed by atoms with Crippen LogP contribution >= 0.6 is 0 Å². The molecule has 0 radical (unpaired) electrons. The van der Waals surface area contributed by atoms with Crippen LogP contribution in [-0.2, 0) is 0 Å². The monoisotopic (exact) mass is 261 g/mol. The van der Waals surface area contributed by atoms with Gasteiger partial charge in [-0.25, -0.2) is 10.8 Å². The van der Waals surface area contributed by atoms with Crippen molar-refractivity contribution in [3.8, 4) is 5.95 Å². The lowest BCUT2D eigenvalue weighted by Crippen LogP contribution is -2.32. The Morgan fingerprint density at radius 2 is 1.84 bits per heavy atom. The Balaban J connectivity index is 1.97. The van der Waals surface area contributed by atoms with Gasteiger partial charge in [0.15, 0.2) is 0 Å². The second-order valence-electron chi connectivity index (χ2n) is 4.29. The summed E-state index contributed by atoms with van der Waals surface area (Å²) in [6.07, 6.45) is 6.51. The minimum atomic E-state index is 0.320. The van der Waals surface area contributed by atoms with Crippen molar-refractivity contribution in [1.82, 2.24) is 29.7 Å². The van der Waals surface area contributed by atoms with E-state index in [0.29, 0.717) is 17.8 Å². The number of rotatable bonds is 3. The van der Waals surface area contributed by atoms with E-state index < -0.39 is 0 Å². The summed E-state index contributed by atoms with van der Waals surface area (Å²) in [7, 11) is 0. The summed E-state index contributed by atoms with van der Waals surface area (Å²) in [5.41, 5.74) is 2.46. The molecule has 9 heteroatoms. The molecular weight excluding hydrogens is 246 g/mol. The molecular formula is C10H15N9. The van der Waals surface area contributed by atoms with Gasteiger partial charge in [-0.3, -0.25) is 5.43 Å². The van der Waals surface area contributed by atoms with E-state index in [1.807, 2.05) is 0 Å². The largest absolute Gasteiger partial charge is 0.341 e. The number of hydrogen-bond acceptors (Lipinski definition) is 8. The van der Waals surface area contributed by atoms with Crippen molar-refractivity contribution in [2.75, 3.05) is 23.4 Å². The third-order valence-electron chi connectivity index (χ3n) is 3.00. The molecule has 2 aromatic rings. The molecule has 0 bridgehead atoms. The second-order valence-corrected chi connectivity index (χ2v) is 4.29. The van der Waals surface area contributed by atoms with E-state index in [9.17, 15) is 0 Å². The highest BCUT2D eigenvalue weighted by Gasteiger charge is 2.16. The van der Waals surface area contributed by atoms with Crippen LogP contribution in [0.15, 0.2) is 12.7 Å². The highest BCUT2D eigenvalue weighted by Crippen LogP contribution is 2.17. The fraction of sp³-hybridized carbons (Fsp3) is 0.500. The van der Waals surface area contributed by atoms with Gasteiger partial charge < -0.3 is 4.90 Å². The average Bonchev–Trinajstić information content (AvgIpc) is 3.02. The van der Waals surface area contributed by atoms with Crippen molar-refractivity contribution in [1.29, 1.82) is 0 Å². The molecule has 0 aromatic carbocycles. The number of nitrogens with zero attached hydrogens (tertiary/aromatic N) is 7. The summed E-state index contributed by atoms with van der Waals surface area (Å²) in [6.45, 7) is 1.90. The molecule has 0 aliphatic carbocycles. The number of nitrogens with two attached hydrogens (primary N) is 1. The maximum atomic E-state index is 5.40. The van der Waals surface area contributed by atoms with E-state index in [1.165, 1.54) is 23.8 Å². The predicted molar refractivity (Wildman–Crippen MR) is 68.6 cm³/mol. The number of nitrogen functional groups attached to an aromatic ring is 1. The zero-order chi connectivity index (χ0) is 13.1. The molecule has 1 fully saturated rings. The van der Waals surface area contributed by atoms with Crippen LogP contribution in [-0.4, -0.2) is 42.8 Å². The Morgan fingerprint density at radius 3 is 2.53 bits per heavy atom. The Morgan fingerprint density at radius 1 is 1.05 bits per heavy atom. The first-order chi connectivity index (χ1) is 9.36. The Kier molecular flexibility index (Phi) is 3.19. The summed E-state index contributed by atoms with van der Waals surface area (Å²) < 4.78 is 1.48. The van der Waals surface area contributed by atoms with Crippen molar-refractivity contribution in [3.05, 3.63) is 12.7 Å². The molecule has 3 N–H and O–H groups in total. The van der Waals surface area contributed by atoms with Gasteiger partial charge in [0.05, 0.1) is 0 Å². The van der Waals surface area contributed by atoms with Crippen LogP contribution < -0.4 is 16.2 Å². The summed E-state index contributed by atoms with van der Waals surface area (Å²) in [5.74, 6) is 6.75. The Labute approximate surface area is 109 Å². The molecule has 0 unspecified atom stereocenters. The van der Waals surface area contributed by atoms with E-state index in [1.54, 1.807) is 0 Å². The lowest BCUT2D eigenvalue weighted by molar-refractivity contribution is 0.566. The van der Waals surface area contributed by atoms with Crippen LogP contribution in [0, 0.1) is 0 Å². The second kappa shape index (κ2) is 5.14. The zero-order valence-corrected chi connectivity index (χ0v) is 10.4. The zero-order valence-electron chi connectivity index (χ0n) is 10.4. The van der Waals surface area contributed by atoms with Crippen LogP contribution in [0.3, 0.4) is 0 Å². The van der Waals surface area contributed by atoms with Crippen molar-refractivity contribution < 1.29 is 0 Å². The lowest BCUT2D eigenvalue weighted by Gasteiger charge is -2.26. The Hall–Kier alpha value is -2.29. The van der Waals surface area contributed by atoms with E-state index in [2.05, 4.69) is 35.4 Å². The molecule has 0 amide bonds. The van der Waals surface area contributed by atoms with Gasteiger partial charge in [-0.2, -0.15) is 24.7 Å². The molecule has 100 valence electrons. The fourth-order valence-corrected chi connectivity index (χ4v) is 2.07. The van der Waals surface area contributed by atoms with Crippen LogP contribution in [0.25, 0.3) is 5.95 Å². The molecule has 0 saturated carbocycles. The minimum Gasteiger partial charge on any atom is -0.341 e. The number of aromatic nitrogens is 6. The molecule has 1 aliphatic rings. The number of piperidine rings is 1. The number of hydrogen-bond donors (Lipinski definition) is 2. The predicted octanol–water partition coefficient (Wildman–Crippen LogP) is -0.272. The summed E-state index contributed by atoms with van der Waals surface area (Å²) in [6, 6.07) is 0. The normalized spacial score (nSPS) is 15.5. The van der Waals surface area contributed by atoms with Crippen molar-refractivity contribution in [2.24, 2.45) is 5.84 Å². The molecule has 3 rings (SSSR count). The van der Waals surface area contributed by atoms with Crippen molar-refractivity contribution in [2.45, 2.75) is 19.3 Å². The first kappa shape index (κ1) is 11.8. The molecule has 19 heavy (non-hydrogen) atoms. The molecule has 0 spiro atoms. The fourth-order valence-electron chi connectivity index (χ4n) is 2.07. The van der Waals surface area contributed by atoms with Crippen molar-refractivity contribution in [3.63, 3.8) is 0 Å². The van der Waals surface area contributed by atoms with E-state index in [0.717, 1.165) is 25.9 Å². The molecule has 0 atom stereocenters. The lowest BCUT2D eigenvalue weighted by atomic mass is 10.1. The average molecular weight is 261 g/mol. The summed E-state index contributed by atoms with van der Waals surface area (Å²) >= 11 is 0. The molecule has 2 aromatic heterocycles. The highest BCUT2D eigenvalue weighted by molar-refractivity contribution is 5.39. The maximum absolute atomic E-state index is 5.40. The maximum Gasteiger partial charge on any atom is 0.258 e. The third kappa shape index (κ3) is 2.45. The third-order valence-corrected chi connectivity index (χ3v) is 3.00. The first-order valence-corrected chi connectivity index (χ1v) is 6.19. The molecule has 1 aliphatic heterocycles. The van der Waals surface area contributed by atoms with Gasteiger partial charge in [0, 0.05) is 13.1 Å². The summed E-state index contributed by atoms with van der Waals surface area (Å²) in [5, 5.41) is 4.01. The van der Waals surface area contributed by atoms with Gasteiger partial charge in [-0.1, -0.05) is 0 Å². The molecule has 1 saturated heterocycles. The van der Waals surface area contributed by atoms with Crippen LogP contribution in [0.4, 0.5) is 11.9 Å². The number of nitrogens with one attached hydrogen (secondary N) is 1. The Bertz CT molecular complexity index is 532. The van der Waals surface area contributed by atoms with Crippen molar-refractivity contribution >= 4 is 11.9 Å². The highest BCUT2D eigenvalue weighted by atomic mass is 15.4. The van der Waals surface area contributed by atoms with Crippen LogP contribution in [0.1, 0.15) is 19.3 Å². The molecule has 3 heterocycles. The summed E-state index contributed by atoms with van der Waals surface area (Å²) in [4.78, 5) is 18.9. The van der Waals surface area contributed by atoms with Crippen LogP contribution in [0.5, 0.6) is 0 Å². The van der Waals surface area contributed by atoms with Crippen LogP contribution in [0.2, 0.25) is 0 Å². The van der Waals surface area contributed by atoms with Gasteiger partial charge in [0.25, 0.3) is 5.95 Å². The van der Waals surface area contributed by atoms with E-state index in [4.69, 9.17) is 5.84 Å². The van der Waals surface area contributed by atoms with E-state index in [-0.39, 0.29) is 0 Å². The van der Waals surface area contributed by atoms with Gasteiger partial charge in [-0.15, -0.1) is 0 Å².